The summed E-state index contributed by atoms with van der Waals surface area (Å²) < 4.78 is 0. The van der Waals surface area contributed by atoms with E-state index in [1.54, 1.807) is 0 Å². The number of aliphatic hydroxyl groups excluding tert-OH is 5. The molecule has 0 aliphatic heterocycles. The van der Waals surface area contributed by atoms with Crippen LogP contribution in [-0.2, 0) is 4.79 Å². The maximum atomic E-state index is 10.6. The fourth-order valence-electron chi connectivity index (χ4n) is 0.783. The van der Waals surface area contributed by atoms with Crippen molar-refractivity contribution in [3.63, 3.8) is 0 Å². The molecule has 0 saturated carbocycles. The van der Waals surface area contributed by atoms with Crippen molar-refractivity contribution < 1.29 is 30.3 Å². The molecule has 0 heterocycles. The van der Waals surface area contributed by atoms with Gasteiger partial charge in [-0.25, -0.2) is 0 Å². The number of carbonyl (C=O) groups is 1. The molecule has 0 aromatic rings. The molecule has 0 aromatic carbocycles. The van der Waals surface area contributed by atoms with Crippen LogP contribution in [0.4, 0.5) is 0 Å². The Bertz CT molecular complexity index is 159. The van der Waals surface area contributed by atoms with Crippen molar-refractivity contribution in [1.82, 2.24) is 0 Å². The molecule has 0 fully saturated rings. The van der Waals surface area contributed by atoms with Crippen LogP contribution in [0.5, 0.6) is 0 Å². The Morgan fingerprint density at radius 3 is 2.00 bits per heavy atom. The number of ketones is 1. The van der Waals surface area contributed by atoms with Gasteiger partial charge in [-0.15, -0.1) is 0 Å². The van der Waals surface area contributed by atoms with Gasteiger partial charge in [-0.3, -0.25) is 4.79 Å². The van der Waals surface area contributed by atoms with E-state index < -0.39 is 43.7 Å². The van der Waals surface area contributed by atoms with E-state index in [9.17, 15) is 4.79 Å². The van der Waals surface area contributed by atoms with Crippen LogP contribution in [0.1, 0.15) is 6.42 Å². The van der Waals surface area contributed by atoms with Gasteiger partial charge in [0.2, 0.25) is 0 Å². The number of Topliss-reactive ketones (excluding diaryl/α,β-unsaturated/α-hetero) is 1. The molecule has 0 bridgehead atoms. The third-order valence-electron chi connectivity index (χ3n) is 1.59. The van der Waals surface area contributed by atoms with E-state index in [0.717, 1.165) is 0 Å². The summed E-state index contributed by atoms with van der Waals surface area (Å²) in [6.07, 6.45) is -4.99. The largest absolute Gasteiger partial charge is 0.394 e. The molecule has 0 amide bonds. The highest BCUT2D eigenvalue weighted by Crippen LogP contribution is 2.04. The van der Waals surface area contributed by atoms with Crippen molar-refractivity contribution in [2.45, 2.75) is 24.7 Å². The lowest BCUT2D eigenvalue weighted by Gasteiger charge is -2.20. The summed E-state index contributed by atoms with van der Waals surface area (Å²) in [5, 5.41) is 43.7. The lowest BCUT2D eigenvalue weighted by molar-refractivity contribution is -0.128. The normalized spacial score (nSPS) is 17.9. The van der Waals surface area contributed by atoms with Gasteiger partial charge in [0.05, 0.1) is 12.7 Å². The molecule has 6 nitrogen and oxygen atoms in total. The Kier molecular flexibility index (Phi) is 5.76. The third kappa shape index (κ3) is 4.30. The average molecular weight is 194 g/mol. The Morgan fingerprint density at radius 1 is 1.08 bits per heavy atom. The van der Waals surface area contributed by atoms with Crippen LogP contribution >= 0.6 is 0 Å². The summed E-state index contributed by atoms with van der Waals surface area (Å²) in [5.74, 6) is -0.642. The van der Waals surface area contributed by atoms with Crippen molar-refractivity contribution in [2.75, 3.05) is 13.2 Å². The van der Waals surface area contributed by atoms with Gasteiger partial charge in [-0.1, -0.05) is 0 Å². The van der Waals surface area contributed by atoms with Gasteiger partial charge >= 0.3 is 0 Å². The highest BCUT2D eigenvalue weighted by atomic mass is 16.4. The Morgan fingerprint density at radius 2 is 1.62 bits per heavy atom. The molecule has 0 aliphatic rings. The van der Waals surface area contributed by atoms with Crippen LogP contribution in [0.15, 0.2) is 0 Å². The molecule has 0 radical (unpaired) electrons. The molecule has 0 saturated heterocycles. The second-order valence-corrected chi connectivity index (χ2v) is 2.71. The molecule has 0 spiro atoms. The lowest BCUT2D eigenvalue weighted by Crippen LogP contribution is -2.40. The van der Waals surface area contributed by atoms with Gasteiger partial charge < -0.3 is 25.5 Å². The van der Waals surface area contributed by atoms with Gasteiger partial charge in [0.25, 0.3) is 0 Å². The number of aliphatic hydroxyl groups is 5. The minimum atomic E-state index is -1.58. The SMILES string of the molecule is O=C(CO)CC(O)C(O)C(O)CO. The van der Waals surface area contributed by atoms with E-state index in [1.807, 2.05) is 0 Å². The van der Waals surface area contributed by atoms with Gasteiger partial charge in [0, 0.05) is 6.42 Å². The minimum Gasteiger partial charge on any atom is -0.394 e. The van der Waals surface area contributed by atoms with Crippen molar-refractivity contribution in [2.24, 2.45) is 0 Å². The molecule has 0 aliphatic carbocycles. The van der Waals surface area contributed by atoms with Crippen molar-refractivity contribution in [3.05, 3.63) is 0 Å². The predicted molar refractivity (Wildman–Crippen MR) is 41.8 cm³/mol. The molecule has 6 heteroatoms. The zero-order valence-corrected chi connectivity index (χ0v) is 7.00. The molecular weight excluding hydrogens is 180 g/mol. The Labute approximate surface area is 75.1 Å². The van der Waals surface area contributed by atoms with E-state index >= 15 is 0 Å². The number of carbonyl (C=O) groups excluding carboxylic acids is 1. The number of hydrogen-bond donors (Lipinski definition) is 5. The first-order valence-electron chi connectivity index (χ1n) is 3.80. The van der Waals surface area contributed by atoms with Crippen molar-refractivity contribution >= 4 is 5.78 Å². The summed E-state index contributed by atoms with van der Waals surface area (Å²) in [7, 11) is 0. The molecule has 13 heavy (non-hydrogen) atoms. The summed E-state index contributed by atoms with van der Waals surface area (Å²) in [4.78, 5) is 10.6. The van der Waals surface area contributed by atoms with Gasteiger partial charge in [-0.05, 0) is 0 Å². The minimum absolute atomic E-state index is 0.450. The Hall–Kier alpha value is -0.530. The third-order valence-corrected chi connectivity index (χ3v) is 1.59. The van der Waals surface area contributed by atoms with Gasteiger partial charge in [0.15, 0.2) is 5.78 Å². The summed E-state index contributed by atoms with van der Waals surface area (Å²) in [6, 6.07) is 0. The smallest absolute Gasteiger partial charge is 0.160 e. The zero-order chi connectivity index (χ0) is 10.4. The maximum Gasteiger partial charge on any atom is 0.160 e. The quantitative estimate of drug-likeness (QED) is 0.308. The van der Waals surface area contributed by atoms with Crippen molar-refractivity contribution in [3.8, 4) is 0 Å². The van der Waals surface area contributed by atoms with Gasteiger partial charge in [0.1, 0.15) is 18.8 Å². The van der Waals surface area contributed by atoms with Gasteiger partial charge in [-0.2, -0.15) is 0 Å². The second-order valence-electron chi connectivity index (χ2n) is 2.71. The lowest BCUT2D eigenvalue weighted by atomic mass is 10.0. The molecular formula is C7H14O6. The molecule has 3 unspecified atom stereocenters. The van der Waals surface area contributed by atoms with E-state index in [1.165, 1.54) is 0 Å². The molecule has 0 rings (SSSR count). The van der Waals surface area contributed by atoms with Crippen LogP contribution < -0.4 is 0 Å². The first-order chi connectivity index (χ1) is 6.02. The van der Waals surface area contributed by atoms with E-state index in [0.29, 0.717) is 0 Å². The maximum absolute atomic E-state index is 10.6. The fourth-order valence-corrected chi connectivity index (χ4v) is 0.783. The summed E-state index contributed by atoms with van der Waals surface area (Å²) in [6.45, 7) is -1.43. The Balaban J connectivity index is 3.95. The zero-order valence-electron chi connectivity index (χ0n) is 7.00. The average Bonchev–Trinajstić information content (AvgIpc) is 2.14. The van der Waals surface area contributed by atoms with E-state index in [2.05, 4.69) is 0 Å². The summed E-state index contributed by atoms with van der Waals surface area (Å²) in [5.41, 5.74) is 0. The standard InChI is InChI=1S/C7H14O6/c8-2-4(10)1-5(11)7(13)6(12)3-9/h5-9,11-13H,1-3H2. The number of hydrogen-bond acceptors (Lipinski definition) is 6. The summed E-state index contributed by atoms with van der Waals surface area (Å²) >= 11 is 0. The van der Waals surface area contributed by atoms with E-state index in [-0.39, 0.29) is 0 Å². The highest BCUT2D eigenvalue weighted by molar-refractivity contribution is 5.79. The second kappa shape index (κ2) is 6.01. The monoisotopic (exact) mass is 194 g/mol. The topological polar surface area (TPSA) is 118 Å². The molecule has 3 atom stereocenters. The first-order valence-corrected chi connectivity index (χ1v) is 3.80. The van der Waals surface area contributed by atoms with E-state index in [4.69, 9.17) is 25.5 Å². The highest BCUT2D eigenvalue weighted by Gasteiger charge is 2.25. The molecule has 78 valence electrons. The fraction of sp³-hybridized carbons (Fsp3) is 0.857. The molecule has 0 aromatic heterocycles. The van der Waals surface area contributed by atoms with Crippen LogP contribution in [0.2, 0.25) is 0 Å². The van der Waals surface area contributed by atoms with Crippen LogP contribution in [0.3, 0.4) is 0 Å². The first kappa shape index (κ1) is 12.5. The molecule has 5 N–H and O–H groups in total. The number of rotatable bonds is 6. The van der Waals surface area contributed by atoms with Crippen LogP contribution in [0, 0.1) is 0 Å². The van der Waals surface area contributed by atoms with Crippen LogP contribution in [0.25, 0.3) is 0 Å². The van der Waals surface area contributed by atoms with Crippen LogP contribution in [-0.4, -0.2) is 62.8 Å². The predicted octanol–water partition coefficient (Wildman–Crippen LogP) is -2.99. The van der Waals surface area contributed by atoms with Crippen molar-refractivity contribution in [1.29, 1.82) is 0 Å².